The van der Waals surface area contributed by atoms with E-state index in [-0.39, 0.29) is 0 Å². The van der Waals surface area contributed by atoms with E-state index in [0.29, 0.717) is 0 Å². The molecule has 1 aromatic rings. The summed E-state index contributed by atoms with van der Waals surface area (Å²) in [5.41, 5.74) is 2.25. The summed E-state index contributed by atoms with van der Waals surface area (Å²) in [5.74, 6) is 1.78. The molecule has 100 valence electrons. The normalized spacial score (nSPS) is 24.9. The second-order valence-electron chi connectivity index (χ2n) is 5.81. The van der Waals surface area contributed by atoms with Gasteiger partial charge in [-0.25, -0.2) is 0 Å². The zero-order chi connectivity index (χ0) is 12.5. The van der Waals surface area contributed by atoms with E-state index in [1.807, 2.05) is 13.8 Å². The van der Waals surface area contributed by atoms with Crippen LogP contribution in [0.4, 0.5) is 0 Å². The van der Waals surface area contributed by atoms with Crippen LogP contribution in [0.1, 0.15) is 36.3 Å². The highest BCUT2D eigenvalue weighted by Gasteiger charge is 2.33. The zero-order valence-corrected chi connectivity index (χ0v) is 11.4. The third-order valence-corrected chi connectivity index (χ3v) is 4.30. The molecule has 0 bridgehead atoms. The Balaban J connectivity index is 1.42. The standard InChI is InChI=1S/C14H23N3O/c1-10-14(11(2)18-16-10)8-15-7-12-5-6-17(9-12)13-3-4-13/h12-13,15H,3-9H2,1-2H3. The number of likely N-dealkylation sites (tertiary alicyclic amines) is 1. The average Bonchev–Trinajstić information content (AvgIpc) is 3.03. The minimum atomic E-state index is 0.825. The SMILES string of the molecule is Cc1noc(C)c1CNCC1CCN(C2CC2)C1. The largest absolute Gasteiger partial charge is 0.361 e. The van der Waals surface area contributed by atoms with E-state index >= 15 is 0 Å². The maximum absolute atomic E-state index is 5.18. The molecule has 1 aliphatic carbocycles. The van der Waals surface area contributed by atoms with Crippen molar-refractivity contribution in [2.45, 2.75) is 45.7 Å². The molecule has 2 aliphatic rings. The molecule has 18 heavy (non-hydrogen) atoms. The van der Waals surface area contributed by atoms with E-state index < -0.39 is 0 Å². The lowest BCUT2D eigenvalue weighted by Crippen LogP contribution is -2.27. The lowest BCUT2D eigenvalue weighted by Gasteiger charge is -2.15. The Bertz CT molecular complexity index is 392. The van der Waals surface area contributed by atoms with Crippen LogP contribution in [-0.2, 0) is 6.54 Å². The van der Waals surface area contributed by atoms with Crippen molar-refractivity contribution in [3.05, 3.63) is 17.0 Å². The lowest BCUT2D eigenvalue weighted by molar-refractivity contribution is 0.311. The topological polar surface area (TPSA) is 41.3 Å². The third-order valence-electron chi connectivity index (χ3n) is 4.30. The molecule has 1 saturated carbocycles. The summed E-state index contributed by atoms with van der Waals surface area (Å²) >= 11 is 0. The van der Waals surface area contributed by atoms with Gasteiger partial charge in [0.1, 0.15) is 5.76 Å². The minimum absolute atomic E-state index is 0.825. The molecule has 1 aromatic heterocycles. The van der Waals surface area contributed by atoms with Gasteiger partial charge in [0.05, 0.1) is 5.69 Å². The maximum Gasteiger partial charge on any atom is 0.138 e. The average molecular weight is 249 g/mol. The molecule has 2 fully saturated rings. The van der Waals surface area contributed by atoms with Crippen LogP contribution in [0.5, 0.6) is 0 Å². The molecule has 1 aliphatic heterocycles. The molecule has 1 atom stereocenters. The van der Waals surface area contributed by atoms with Gasteiger partial charge in [0, 0.05) is 24.7 Å². The highest BCUT2D eigenvalue weighted by molar-refractivity contribution is 5.20. The van der Waals surface area contributed by atoms with Crippen molar-refractivity contribution in [1.29, 1.82) is 0 Å². The summed E-state index contributed by atoms with van der Waals surface area (Å²) < 4.78 is 5.18. The van der Waals surface area contributed by atoms with Gasteiger partial charge >= 0.3 is 0 Å². The summed E-state index contributed by atoms with van der Waals surface area (Å²) in [7, 11) is 0. The first-order chi connectivity index (χ1) is 8.74. The van der Waals surface area contributed by atoms with E-state index in [1.165, 1.54) is 37.9 Å². The molecule has 0 aromatic carbocycles. The number of nitrogens with zero attached hydrogens (tertiary/aromatic N) is 2. The van der Waals surface area contributed by atoms with Gasteiger partial charge in [0.15, 0.2) is 0 Å². The monoisotopic (exact) mass is 249 g/mol. The van der Waals surface area contributed by atoms with Crippen molar-refractivity contribution < 1.29 is 4.52 Å². The fraction of sp³-hybridized carbons (Fsp3) is 0.786. The Labute approximate surface area is 109 Å². The molecular weight excluding hydrogens is 226 g/mol. The van der Waals surface area contributed by atoms with Crippen molar-refractivity contribution in [3.8, 4) is 0 Å². The Morgan fingerprint density at radius 3 is 2.83 bits per heavy atom. The highest BCUT2D eigenvalue weighted by atomic mass is 16.5. The second kappa shape index (κ2) is 5.02. The number of aromatic nitrogens is 1. The predicted molar refractivity (Wildman–Crippen MR) is 70.4 cm³/mol. The van der Waals surface area contributed by atoms with Crippen LogP contribution in [0, 0.1) is 19.8 Å². The van der Waals surface area contributed by atoms with Crippen molar-refractivity contribution >= 4 is 0 Å². The molecule has 3 rings (SSSR count). The van der Waals surface area contributed by atoms with Gasteiger partial charge in [-0.05, 0) is 52.1 Å². The molecule has 4 nitrogen and oxygen atoms in total. The van der Waals surface area contributed by atoms with Crippen LogP contribution in [0.2, 0.25) is 0 Å². The van der Waals surface area contributed by atoms with E-state index in [9.17, 15) is 0 Å². The fourth-order valence-electron chi connectivity index (χ4n) is 2.96. The van der Waals surface area contributed by atoms with E-state index in [2.05, 4.69) is 15.4 Å². The maximum atomic E-state index is 5.18. The Morgan fingerprint density at radius 2 is 2.17 bits per heavy atom. The van der Waals surface area contributed by atoms with Gasteiger partial charge in [0.2, 0.25) is 0 Å². The van der Waals surface area contributed by atoms with Gasteiger partial charge in [-0.3, -0.25) is 0 Å². The summed E-state index contributed by atoms with van der Waals surface area (Å²) in [6.07, 6.45) is 4.21. The molecule has 0 spiro atoms. The first-order valence-corrected chi connectivity index (χ1v) is 7.10. The minimum Gasteiger partial charge on any atom is -0.361 e. The Hall–Kier alpha value is -0.870. The Kier molecular flexibility index (Phi) is 3.39. The second-order valence-corrected chi connectivity index (χ2v) is 5.81. The quantitative estimate of drug-likeness (QED) is 0.865. The van der Waals surface area contributed by atoms with E-state index in [4.69, 9.17) is 4.52 Å². The van der Waals surface area contributed by atoms with Crippen LogP contribution in [0.25, 0.3) is 0 Å². The number of rotatable bonds is 5. The smallest absolute Gasteiger partial charge is 0.138 e. The van der Waals surface area contributed by atoms with Gasteiger partial charge in [-0.1, -0.05) is 5.16 Å². The first kappa shape index (κ1) is 12.2. The van der Waals surface area contributed by atoms with Gasteiger partial charge in [-0.2, -0.15) is 0 Å². The molecule has 0 amide bonds. The summed E-state index contributed by atoms with van der Waals surface area (Å²) in [6, 6.07) is 0.928. The van der Waals surface area contributed by atoms with Crippen LogP contribution >= 0.6 is 0 Å². The molecule has 4 heteroatoms. The summed E-state index contributed by atoms with van der Waals surface area (Å²) in [4.78, 5) is 2.67. The molecule has 2 heterocycles. The fourth-order valence-corrected chi connectivity index (χ4v) is 2.96. The highest BCUT2D eigenvalue weighted by Crippen LogP contribution is 2.31. The third kappa shape index (κ3) is 2.59. The van der Waals surface area contributed by atoms with Gasteiger partial charge < -0.3 is 14.7 Å². The van der Waals surface area contributed by atoms with E-state index in [1.54, 1.807) is 0 Å². The van der Waals surface area contributed by atoms with Gasteiger partial charge in [-0.15, -0.1) is 0 Å². The van der Waals surface area contributed by atoms with Crippen molar-refractivity contribution in [2.24, 2.45) is 5.92 Å². The number of hydrogen-bond donors (Lipinski definition) is 1. The predicted octanol–water partition coefficient (Wildman–Crippen LogP) is 1.87. The number of aryl methyl sites for hydroxylation is 2. The lowest BCUT2D eigenvalue weighted by atomic mass is 10.1. The summed E-state index contributed by atoms with van der Waals surface area (Å²) in [5, 5.41) is 7.55. The zero-order valence-electron chi connectivity index (χ0n) is 11.4. The number of nitrogens with one attached hydrogen (secondary N) is 1. The molecule has 0 radical (unpaired) electrons. The Morgan fingerprint density at radius 1 is 1.33 bits per heavy atom. The van der Waals surface area contributed by atoms with Crippen LogP contribution in [-0.4, -0.2) is 35.7 Å². The van der Waals surface area contributed by atoms with Crippen molar-refractivity contribution in [2.75, 3.05) is 19.6 Å². The molecule has 1 saturated heterocycles. The van der Waals surface area contributed by atoms with Crippen LogP contribution in [0.15, 0.2) is 4.52 Å². The number of hydrogen-bond acceptors (Lipinski definition) is 4. The van der Waals surface area contributed by atoms with E-state index in [0.717, 1.165) is 36.5 Å². The van der Waals surface area contributed by atoms with Gasteiger partial charge in [0.25, 0.3) is 0 Å². The molecule has 1 N–H and O–H groups in total. The molecule has 1 unspecified atom stereocenters. The van der Waals surface area contributed by atoms with Crippen LogP contribution in [0.3, 0.4) is 0 Å². The van der Waals surface area contributed by atoms with Crippen LogP contribution < -0.4 is 5.32 Å². The van der Waals surface area contributed by atoms with Crippen molar-refractivity contribution in [3.63, 3.8) is 0 Å². The molecular formula is C14H23N3O. The van der Waals surface area contributed by atoms with Crippen molar-refractivity contribution in [1.82, 2.24) is 15.4 Å². The summed E-state index contributed by atoms with van der Waals surface area (Å²) in [6.45, 7) is 8.61. The first-order valence-electron chi connectivity index (χ1n) is 7.10.